The van der Waals surface area contributed by atoms with Crippen LogP contribution in [0.5, 0.6) is 0 Å². The summed E-state index contributed by atoms with van der Waals surface area (Å²) in [7, 11) is 0. The SMILES string of the molecule is O=C1C(=O)c2ccccc2C(N2C(=O)C=C([N+](=O)[O-])C2=O)=C1[N+](=O)[O-]. The van der Waals surface area contributed by atoms with Gasteiger partial charge in [-0.25, -0.2) is 4.90 Å². The third kappa shape index (κ3) is 2.14. The molecule has 0 spiro atoms. The molecule has 2 aliphatic rings. The Morgan fingerprint density at radius 2 is 1.44 bits per heavy atom. The van der Waals surface area contributed by atoms with E-state index in [0.717, 1.165) is 0 Å². The van der Waals surface area contributed by atoms with E-state index in [1.807, 2.05) is 0 Å². The number of benzene rings is 1. The molecule has 0 atom stereocenters. The molecule has 1 aromatic rings. The summed E-state index contributed by atoms with van der Waals surface area (Å²) < 4.78 is 0. The Labute approximate surface area is 137 Å². The average molecular weight is 343 g/mol. The van der Waals surface area contributed by atoms with Crippen LogP contribution >= 0.6 is 0 Å². The van der Waals surface area contributed by atoms with E-state index in [0.29, 0.717) is 6.08 Å². The normalized spacial score (nSPS) is 17.0. The molecule has 0 saturated carbocycles. The Morgan fingerprint density at radius 3 is 1.96 bits per heavy atom. The van der Waals surface area contributed by atoms with Crippen molar-refractivity contribution in [3.05, 3.63) is 73.1 Å². The smallest absolute Gasteiger partial charge is 0.285 e. The van der Waals surface area contributed by atoms with E-state index in [1.54, 1.807) is 0 Å². The van der Waals surface area contributed by atoms with E-state index in [4.69, 9.17) is 0 Å². The second-order valence-corrected chi connectivity index (χ2v) is 4.92. The van der Waals surface area contributed by atoms with Gasteiger partial charge < -0.3 is 0 Å². The minimum absolute atomic E-state index is 0.166. The maximum Gasteiger partial charge on any atom is 0.345 e. The molecule has 0 saturated heterocycles. The highest BCUT2D eigenvalue weighted by molar-refractivity contribution is 6.52. The fourth-order valence-electron chi connectivity index (χ4n) is 2.55. The van der Waals surface area contributed by atoms with E-state index in [1.165, 1.54) is 24.3 Å². The fourth-order valence-corrected chi connectivity index (χ4v) is 2.55. The Bertz CT molecular complexity index is 988. The zero-order chi connectivity index (χ0) is 18.5. The first-order valence-corrected chi connectivity index (χ1v) is 6.57. The van der Waals surface area contributed by atoms with Crippen molar-refractivity contribution < 1.29 is 29.0 Å². The van der Waals surface area contributed by atoms with Gasteiger partial charge in [-0.05, 0) is 0 Å². The van der Waals surface area contributed by atoms with Gasteiger partial charge >= 0.3 is 23.1 Å². The first-order chi connectivity index (χ1) is 11.8. The van der Waals surface area contributed by atoms with Crippen molar-refractivity contribution in [3.63, 3.8) is 0 Å². The van der Waals surface area contributed by atoms with Gasteiger partial charge in [0.1, 0.15) is 5.70 Å². The number of fused-ring (bicyclic) bond motifs is 1. The van der Waals surface area contributed by atoms with Crippen molar-refractivity contribution in [2.75, 3.05) is 0 Å². The van der Waals surface area contributed by atoms with Gasteiger partial charge in [-0.2, -0.15) is 0 Å². The third-order valence-corrected chi connectivity index (χ3v) is 3.58. The number of nitrogens with zero attached hydrogens (tertiary/aromatic N) is 3. The van der Waals surface area contributed by atoms with E-state index in [-0.39, 0.29) is 16.0 Å². The number of Topliss-reactive ketones (excluding diaryl/α,β-unsaturated/α-hetero) is 2. The van der Waals surface area contributed by atoms with Gasteiger partial charge in [-0.1, -0.05) is 24.3 Å². The Balaban J connectivity index is 2.32. The molecule has 0 aromatic heterocycles. The van der Waals surface area contributed by atoms with Crippen LogP contribution in [0.15, 0.2) is 41.7 Å². The Kier molecular flexibility index (Phi) is 3.34. The number of ketones is 2. The highest BCUT2D eigenvalue weighted by atomic mass is 16.6. The second-order valence-electron chi connectivity index (χ2n) is 4.92. The average Bonchev–Trinajstić information content (AvgIpc) is 2.85. The standard InChI is InChI=1S/C14H5N3O8/c18-9-5-8(16(22)23)14(21)15(9)10-6-3-1-2-4-7(6)12(19)13(20)11(10)17(24)25/h1-5H. The highest BCUT2D eigenvalue weighted by Gasteiger charge is 2.50. The molecule has 1 aromatic carbocycles. The molecule has 124 valence electrons. The maximum absolute atomic E-state index is 12.2. The third-order valence-electron chi connectivity index (χ3n) is 3.58. The minimum Gasteiger partial charge on any atom is -0.285 e. The van der Waals surface area contributed by atoms with Crippen molar-refractivity contribution >= 4 is 29.1 Å². The van der Waals surface area contributed by atoms with Crippen LogP contribution in [-0.2, 0) is 14.4 Å². The summed E-state index contributed by atoms with van der Waals surface area (Å²) in [5.41, 5.74) is -3.60. The van der Waals surface area contributed by atoms with Crippen molar-refractivity contribution in [3.8, 4) is 0 Å². The molecule has 2 amide bonds. The number of amides is 2. The van der Waals surface area contributed by atoms with Gasteiger partial charge in [0, 0.05) is 11.1 Å². The fraction of sp³-hybridized carbons (Fsp3) is 0. The van der Waals surface area contributed by atoms with Gasteiger partial charge in [-0.15, -0.1) is 0 Å². The number of rotatable bonds is 3. The van der Waals surface area contributed by atoms with Crippen LogP contribution in [0.1, 0.15) is 15.9 Å². The molecule has 1 aliphatic carbocycles. The van der Waals surface area contributed by atoms with E-state index >= 15 is 0 Å². The molecule has 0 bridgehead atoms. The van der Waals surface area contributed by atoms with Crippen LogP contribution in [0.4, 0.5) is 0 Å². The molecule has 1 heterocycles. The summed E-state index contributed by atoms with van der Waals surface area (Å²) in [6, 6.07) is 5.14. The van der Waals surface area contributed by atoms with Crippen LogP contribution in [0.3, 0.4) is 0 Å². The molecule has 25 heavy (non-hydrogen) atoms. The van der Waals surface area contributed by atoms with Gasteiger partial charge in [-0.3, -0.25) is 39.4 Å². The monoisotopic (exact) mass is 343 g/mol. The van der Waals surface area contributed by atoms with Crippen LogP contribution in [0.25, 0.3) is 5.70 Å². The largest absolute Gasteiger partial charge is 0.345 e. The predicted octanol–water partition coefficient (Wildman–Crippen LogP) is -0.0733. The molecule has 11 nitrogen and oxygen atoms in total. The van der Waals surface area contributed by atoms with Gasteiger partial charge in [0.15, 0.2) is 0 Å². The van der Waals surface area contributed by atoms with Crippen LogP contribution in [-0.4, -0.2) is 38.1 Å². The number of carbonyl (C=O) groups is 4. The molecule has 3 rings (SSSR count). The number of carbonyl (C=O) groups excluding carboxylic acids is 4. The van der Waals surface area contributed by atoms with Gasteiger partial charge in [0.25, 0.3) is 5.91 Å². The quantitative estimate of drug-likeness (QED) is 0.319. The van der Waals surface area contributed by atoms with Gasteiger partial charge in [0.2, 0.25) is 5.78 Å². The maximum atomic E-state index is 12.2. The lowest BCUT2D eigenvalue weighted by molar-refractivity contribution is -0.419. The van der Waals surface area contributed by atoms with Crippen molar-refractivity contribution in [1.29, 1.82) is 0 Å². The summed E-state index contributed by atoms with van der Waals surface area (Å²) >= 11 is 0. The first kappa shape index (κ1) is 15.9. The molecular formula is C14H5N3O8. The highest BCUT2D eigenvalue weighted by Crippen LogP contribution is 2.35. The second kappa shape index (κ2) is 5.26. The molecule has 0 fully saturated rings. The summed E-state index contributed by atoms with van der Waals surface area (Å²) in [6.45, 7) is 0. The van der Waals surface area contributed by atoms with Crippen LogP contribution in [0, 0.1) is 20.2 Å². The van der Waals surface area contributed by atoms with Crippen molar-refractivity contribution in [2.45, 2.75) is 0 Å². The summed E-state index contributed by atoms with van der Waals surface area (Å²) in [6.07, 6.45) is 0.399. The topological polar surface area (TPSA) is 158 Å². The van der Waals surface area contributed by atoms with Crippen molar-refractivity contribution in [2.24, 2.45) is 0 Å². The molecule has 0 radical (unpaired) electrons. The molecule has 0 N–H and O–H groups in total. The molecular weight excluding hydrogens is 338 g/mol. The number of allylic oxidation sites excluding steroid dienone is 1. The predicted molar refractivity (Wildman–Crippen MR) is 76.6 cm³/mol. The van der Waals surface area contributed by atoms with Crippen molar-refractivity contribution in [1.82, 2.24) is 4.90 Å². The zero-order valence-electron chi connectivity index (χ0n) is 12.0. The van der Waals surface area contributed by atoms with Crippen LogP contribution in [0.2, 0.25) is 0 Å². The summed E-state index contributed by atoms with van der Waals surface area (Å²) in [5, 5.41) is 22.1. The van der Waals surface area contributed by atoms with Gasteiger partial charge in [0.05, 0.1) is 15.9 Å². The number of hydrogen-bond donors (Lipinski definition) is 0. The lowest BCUT2D eigenvalue weighted by atomic mass is 9.90. The molecule has 11 heteroatoms. The molecule has 1 aliphatic heterocycles. The lowest BCUT2D eigenvalue weighted by Crippen LogP contribution is -2.38. The lowest BCUT2D eigenvalue weighted by Gasteiger charge is -2.22. The van der Waals surface area contributed by atoms with Crippen LogP contribution < -0.4 is 0 Å². The number of imide groups is 1. The molecule has 0 unspecified atom stereocenters. The number of nitro groups is 2. The Hall–Kier alpha value is -4.02. The van der Waals surface area contributed by atoms with E-state index in [9.17, 15) is 39.4 Å². The van der Waals surface area contributed by atoms with E-state index in [2.05, 4.69) is 0 Å². The summed E-state index contributed by atoms with van der Waals surface area (Å²) in [5.74, 6) is -5.34. The Morgan fingerprint density at radius 1 is 0.840 bits per heavy atom. The number of hydrogen-bond acceptors (Lipinski definition) is 8. The minimum atomic E-state index is -1.52. The summed E-state index contributed by atoms with van der Waals surface area (Å²) in [4.78, 5) is 68.3. The van der Waals surface area contributed by atoms with E-state index < -0.39 is 50.3 Å². The first-order valence-electron chi connectivity index (χ1n) is 6.57. The zero-order valence-corrected chi connectivity index (χ0v) is 12.0.